The Kier molecular flexibility index (Phi) is 11.2. The van der Waals surface area contributed by atoms with Crippen molar-refractivity contribution in [2.45, 2.75) is 13.8 Å². The quantitative estimate of drug-likeness (QED) is 0.131. The molecule has 37 heavy (non-hydrogen) atoms. The zero-order chi connectivity index (χ0) is 25.9. The van der Waals surface area contributed by atoms with E-state index in [1.54, 1.807) is 48.5 Å². The van der Waals surface area contributed by atoms with Gasteiger partial charge in [-0.25, -0.2) is 14.4 Å². The van der Waals surface area contributed by atoms with Crippen LogP contribution in [-0.4, -0.2) is 38.2 Å². The lowest BCUT2D eigenvalue weighted by atomic mass is 10.2. The second-order valence-corrected chi connectivity index (χ2v) is 7.60. The van der Waals surface area contributed by atoms with Crippen LogP contribution in [0.15, 0.2) is 79.4 Å². The minimum absolute atomic E-state index is 0. The summed E-state index contributed by atoms with van der Waals surface area (Å²) < 4.78 is 26.2. The molecule has 0 N–H and O–H groups in total. The first kappa shape index (κ1) is 28.9. The topological polar surface area (TPSA) is 97.4 Å². The Balaban J connectivity index is 0.00000481. The van der Waals surface area contributed by atoms with Crippen molar-refractivity contribution in [3.63, 3.8) is 0 Å². The summed E-state index contributed by atoms with van der Waals surface area (Å²) in [6.07, 6.45) is 1.60. The monoisotopic (exact) mass is 526 g/mol. The van der Waals surface area contributed by atoms with Crippen molar-refractivity contribution in [2.75, 3.05) is 20.3 Å². The first-order chi connectivity index (χ1) is 17.4. The van der Waals surface area contributed by atoms with E-state index in [4.69, 9.17) is 35.3 Å². The molecule has 0 aliphatic heterocycles. The van der Waals surface area contributed by atoms with Gasteiger partial charge in [0.05, 0.1) is 36.5 Å². The van der Waals surface area contributed by atoms with Crippen molar-refractivity contribution in [3.8, 4) is 23.0 Å². The maximum absolute atomic E-state index is 12.5. The smallest absolute Gasteiger partial charge is 0.343 e. The zero-order valence-electron chi connectivity index (χ0n) is 19.4. The third-order valence-electron chi connectivity index (χ3n) is 4.70. The molecule has 3 aromatic carbocycles. The fourth-order valence-corrected chi connectivity index (χ4v) is 3.07. The SMILES string of the molecule is C.C=CC(=O)OCCCOc1ccc(C(=O)Oc2ccc(C(=O)Oc3ccc(OC)cc3)cc2Cl)cc1. The molecular formula is C28H27ClO8. The molecule has 9 heteroatoms. The first-order valence-corrected chi connectivity index (χ1v) is 11.2. The minimum Gasteiger partial charge on any atom is -0.497 e. The van der Waals surface area contributed by atoms with Gasteiger partial charge in [0.2, 0.25) is 0 Å². The summed E-state index contributed by atoms with van der Waals surface area (Å²) in [6, 6.07) is 17.1. The van der Waals surface area contributed by atoms with Crippen LogP contribution in [0.3, 0.4) is 0 Å². The van der Waals surface area contributed by atoms with E-state index in [-0.39, 0.29) is 35.9 Å². The van der Waals surface area contributed by atoms with Gasteiger partial charge in [0.15, 0.2) is 0 Å². The van der Waals surface area contributed by atoms with E-state index in [2.05, 4.69) is 6.58 Å². The molecule has 0 fully saturated rings. The van der Waals surface area contributed by atoms with E-state index in [0.29, 0.717) is 30.3 Å². The average molecular weight is 527 g/mol. The predicted octanol–water partition coefficient (Wildman–Crippen LogP) is 5.92. The van der Waals surface area contributed by atoms with E-state index < -0.39 is 17.9 Å². The Labute approximate surface area is 220 Å². The van der Waals surface area contributed by atoms with Crippen LogP contribution in [0.2, 0.25) is 5.02 Å². The number of benzene rings is 3. The lowest BCUT2D eigenvalue weighted by molar-refractivity contribution is -0.137. The summed E-state index contributed by atoms with van der Waals surface area (Å²) in [4.78, 5) is 35.9. The Morgan fingerprint density at radius 2 is 1.41 bits per heavy atom. The molecular weight excluding hydrogens is 500 g/mol. The maximum atomic E-state index is 12.5. The standard InChI is InChI=1S/C27H23ClO8.CH4/c1-3-25(29)34-16-4-15-33-21-8-5-18(6-9-21)26(30)36-24-14-7-19(17-23(24)28)27(31)35-22-12-10-20(32-2)11-13-22;/h3,5-14,17H,1,4,15-16H2,2H3;1H4. The molecule has 3 rings (SSSR count). The van der Waals surface area contributed by atoms with Crippen LogP contribution in [0, 0.1) is 0 Å². The van der Waals surface area contributed by atoms with Gasteiger partial charge in [-0.05, 0) is 66.7 Å². The molecule has 0 spiro atoms. The molecule has 0 saturated heterocycles. The molecule has 0 amide bonds. The molecule has 0 saturated carbocycles. The van der Waals surface area contributed by atoms with Crippen LogP contribution in [0.1, 0.15) is 34.6 Å². The highest BCUT2D eigenvalue weighted by Gasteiger charge is 2.15. The van der Waals surface area contributed by atoms with E-state index in [9.17, 15) is 14.4 Å². The van der Waals surface area contributed by atoms with Gasteiger partial charge < -0.3 is 23.7 Å². The van der Waals surface area contributed by atoms with Gasteiger partial charge in [-0.1, -0.05) is 25.6 Å². The van der Waals surface area contributed by atoms with Crippen molar-refractivity contribution < 1.29 is 38.1 Å². The molecule has 0 radical (unpaired) electrons. The number of esters is 3. The van der Waals surface area contributed by atoms with Gasteiger partial charge in [-0.3, -0.25) is 0 Å². The Bertz CT molecular complexity index is 1220. The third kappa shape index (κ3) is 8.70. The number of methoxy groups -OCH3 is 1. The van der Waals surface area contributed by atoms with Crippen LogP contribution in [-0.2, 0) is 9.53 Å². The lowest BCUT2D eigenvalue weighted by Gasteiger charge is -2.10. The number of halogens is 1. The summed E-state index contributed by atoms with van der Waals surface area (Å²) >= 11 is 6.23. The van der Waals surface area contributed by atoms with Gasteiger partial charge in [-0.2, -0.15) is 0 Å². The highest BCUT2D eigenvalue weighted by atomic mass is 35.5. The van der Waals surface area contributed by atoms with Gasteiger partial charge in [0.25, 0.3) is 0 Å². The molecule has 0 atom stereocenters. The van der Waals surface area contributed by atoms with Gasteiger partial charge in [0, 0.05) is 12.5 Å². The number of hydrogen-bond acceptors (Lipinski definition) is 8. The molecule has 0 aliphatic carbocycles. The van der Waals surface area contributed by atoms with E-state index in [1.807, 2.05) is 0 Å². The van der Waals surface area contributed by atoms with Gasteiger partial charge >= 0.3 is 17.9 Å². The molecule has 0 unspecified atom stereocenters. The maximum Gasteiger partial charge on any atom is 0.343 e. The Morgan fingerprint density at radius 1 is 0.811 bits per heavy atom. The number of rotatable bonds is 11. The highest BCUT2D eigenvalue weighted by molar-refractivity contribution is 6.32. The molecule has 0 aromatic heterocycles. The second kappa shape index (κ2) is 14.3. The van der Waals surface area contributed by atoms with E-state index >= 15 is 0 Å². The summed E-state index contributed by atoms with van der Waals surface area (Å²) in [7, 11) is 1.54. The first-order valence-electron chi connectivity index (χ1n) is 10.8. The van der Waals surface area contributed by atoms with Crippen molar-refractivity contribution >= 4 is 29.5 Å². The number of carbonyl (C=O) groups excluding carboxylic acids is 3. The third-order valence-corrected chi connectivity index (χ3v) is 4.99. The number of hydrogen-bond donors (Lipinski definition) is 0. The molecule has 0 heterocycles. The largest absolute Gasteiger partial charge is 0.497 e. The fourth-order valence-electron chi connectivity index (χ4n) is 2.85. The fraction of sp³-hybridized carbons (Fsp3) is 0.179. The van der Waals surface area contributed by atoms with Crippen LogP contribution in [0.25, 0.3) is 0 Å². The van der Waals surface area contributed by atoms with Gasteiger partial charge in [-0.15, -0.1) is 0 Å². The second-order valence-electron chi connectivity index (χ2n) is 7.20. The van der Waals surface area contributed by atoms with Crippen LogP contribution >= 0.6 is 11.6 Å². The minimum atomic E-state index is -0.631. The van der Waals surface area contributed by atoms with Crippen molar-refractivity contribution in [3.05, 3.63) is 95.5 Å². The summed E-state index contributed by atoms with van der Waals surface area (Å²) in [6.45, 7) is 3.86. The van der Waals surface area contributed by atoms with Crippen LogP contribution in [0.5, 0.6) is 23.0 Å². The van der Waals surface area contributed by atoms with Crippen molar-refractivity contribution in [1.29, 1.82) is 0 Å². The normalized spacial score (nSPS) is 9.89. The molecule has 194 valence electrons. The molecule has 0 bridgehead atoms. The zero-order valence-corrected chi connectivity index (χ0v) is 20.2. The van der Waals surface area contributed by atoms with Crippen molar-refractivity contribution in [1.82, 2.24) is 0 Å². The van der Waals surface area contributed by atoms with Gasteiger partial charge in [0.1, 0.15) is 23.0 Å². The predicted molar refractivity (Wildman–Crippen MR) is 139 cm³/mol. The molecule has 0 aliphatic rings. The van der Waals surface area contributed by atoms with Crippen molar-refractivity contribution in [2.24, 2.45) is 0 Å². The molecule has 3 aromatic rings. The Hall–Kier alpha value is -4.30. The highest BCUT2D eigenvalue weighted by Crippen LogP contribution is 2.27. The van der Waals surface area contributed by atoms with E-state index in [1.165, 1.54) is 25.3 Å². The van der Waals surface area contributed by atoms with Crippen LogP contribution < -0.4 is 18.9 Å². The van der Waals surface area contributed by atoms with E-state index in [0.717, 1.165) is 6.08 Å². The lowest BCUT2D eigenvalue weighted by Crippen LogP contribution is -2.11. The molecule has 8 nitrogen and oxygen atoms in total. The summed E-state index contributed by atoms with van der Waals surface area (Å²) in [5.74, 6) is -0.119. The average Bonchev–Trinajstić information content (AvgIpc) is 2.90. The van der Waals surface area contributed by atoms with Crippen LogP contribution in [0.4, 0.5) is 0 Å². The number of carbonyl (C=O) groups is 3. The summed E-state index contributed by atoms with van der Waals surface area (Å²) in [5.41, 5.74) is 0.470. The number of ether oxygens (including phenoxy) is 5. The Morgan fingerprint density at radius 3 is 2.03 bits per heavy atom. The summed E-state index contributed by atoms with van der Waals surface area (Å²) in [5, 5.41) is 0.0737.